The van der Waals surface area contributed by atoms with E-state index < -0.39 is 0 Å². The van der Waals surface area contributed by atoms with E-state index in [1.54, 1.807) is 0 Å². The molecule has 0 aliphatic rings. The summed E-state index contributed by atoms with van der Waals surface area (Å²) in [6.45, 7) is 6.07. The molecule has 0 N–H and O–H groups in total. The van der Waals surface area contributed by atoms with Gasteiger partial charge in [-0.25, -0.2) is 6.57 Å². The predicted molar refractivity (Wildman–Crippen MR) is 24.6 cm³/mol. The van der Waals surface area contributed by atoms with Gasteiger partial charge in [0.15, 0.2) is 0 Å². The van der Waals surface area contributed by atoms with Crippen molar-refractivity contribution in [3.8, 4) is 0 Å². The fourth-order valence-corrected chi connectivity index (χ4v) is 0. The van der Waals surface area contributed by atoms with Gasteiger partial charge in [-0.1, -0.05) is 0 Å². The summed E-state index contributed by atoms with van der Waals surface area (Å²) in [6, 6.07) is 0. The Kier molecular flexibility index (Phi) is 16.6. The van der Waals surface area contributed by atoms with Gasteiger partial charge in [0.2, 0.25) is 0 Å². The predicted octanol–water partition coefficient (Wildman–Crippen LogP) is 1.29. The molecular formula is CH3NP2V. The average Bonchev–Trinajstić information content (AvgIpc) is 1.37. The molecule has 0 aromatic rings. The molecule has 0 aliphatic heterocycles. The van der Waals surface area contributed by atoms with Crippen LogP contribution in [-0.2, 0) is 18.6 Å². The Morgan fingerprint density at radius 3 is 2.00 bits per heavy atom. The van der Waals surface area contributed by atoms with Gasteiger partial charge in [-0.15, -0.1) is 0 Å². The maximum atomic E-state index is 6.07. The first-order valence-electron chi connectivity index (χ1n) is 0.736. The SMILES string of the molecule is [C-]#[N+]PP.[V]. The topological polar surface area (TPSA) is 4.36 Å². The third-order valence-electron chi connectivity index (χ3n) is 0.0645. The number of hydrogen-bond acceptors (Lipinski definition) is 0. The van der Waals surface area contributed by atoms with Crippen molar-refractivity contribution in [1.29, 1.82) is 0 Å². The van der Waals surface area contributed by atoms with Crippen LogP contribution in [0.4, 0.5) is 0 Å². The van der Waals surface area contributed by atoms with Gasteiger partial charge >= 0.3 is 0 Å². The van der Waals surface area contributed by atoms with E-state index in [4.69, 9.17) is 6.57 Å². The van der Waals surface area contributed by atoms with Crippen LogP contribution in [0.15, 0.2) is 0 Å². The molecule has 0 fully saturated rings. The molecule has 0 heterocycles. The Hall–Kier alpha value is 0.934. The quantitative estimate of drug-likeness (QED) is 0.354. The van der Waals surface area contributed by atoms with Crippen molar-refractivity contribution in [3.05, 3.63) is 11.2 Å². The van der Waals surface area contributed by atoms with Crippen LogP contribution in [0.5, 0.6) is 0 Å². The monoisotopic (exact) mass is 142 g/mol. The summed E-state index contributed by atoms with van der Waals surface area (Å²) in [4.78, 5) is 0. The van der Waals surface area contributed by atoms with Crippen LogP contribution in [-0.4, -0.2) is 0 Å². The zero-order valence-corrected chi connectivity index (χ0v) is 6.02. The van der Waals surface area contributed by atoms with E-state index in [0.717, 1.165) is 0 Å². The van der Waals surface area contributed by atoms with Crippen molar-refractivity contribution in [2.75, 3.05) is 0 Å². The summed E-state index contributed by atoms with van der Waals surface area (Å²) in [5, 5.41) is 0. The molecule has 27 valence electrons. The third-order valence-corrected chi connectivity index (χ3v) is 0.581. The number of hydrogen-bond donors (Lipinski definition) is 0. The summed E-state index contributed by atoms with van der Waals surface area (Å²) in [5.74, 6) is 0. The van der Waals surface area contributed by atoms with Crippen LogP contribution in [0.3, 0.4) is 0 Å². The van der Waals surface area contributed by atoms with E-state index in [1.165, 1.54) is 0 Å². The zero-order valence-electron chi connectivity index (χ0n) is 2.47. The Morgan fingerprint density at radius 1 is 1.80 bits per heavy atom. The van der Waals surface area contributed by atoms with Gasteiger partial charge in [-0.2, -0.15) is 0 Å². The summed E-state index contributed by atoms with van der Waals surface area (Å²) in [5.41, 5.74) is 0. The van der Waals surface area contributed by atoms with Crippen molar-refractivity contribution in [1.82, 2.24) is 0 Å². The zero-order chi connectivity index (χ0) is 3.41. The number of rotatable bonds is 0. The van der Waals surface area contributed by atoms with Gasteiger partial charge in [-0.05, 0) is 8.93 Å². The van der Waals surface area contributed by atoms with E-state index in [2.05, 4.69) is 13.5 Å². The average molecular weight is 142 g/mol. The third kappa shape index (κ3) is 11.4. The first kappa shape index (κ1) is 9.33. The van der Waals surface area contributed by atoms with Crippen LogP contribution >= 0.6 is 17.3 Å². The van der Waals surface area contributed by atoms with Gasteiger partial charge in [0.1, 0.15) is 0 Å². The maximum absolute atomic E-state index is 6.07. The summed E-state index contributed by atoms with van der Waals surface area (Å²) >= 11 is 0. The largest absolute Gasteiger partial charge is 0.302 e. The summed E-state index contributed by atoms with van der Waals surface area (Å²) in [6.07, 6.45) is 0. The summed E-state index contributed by atoms with van der Waals surface area (Å²) < 4.78 is 2.98. The molecule has 0 rings (SSSR count). The van der Waals surface area contributed by atoms with Crippen LogP contribution in [0, 0.1) is 6.57 Å². The minimum atomic E-state index is 0. The second-order valence-corrected chi connectivity index (χ2v) is 1.50. The Bertz CT molecular complexity index is 39.4. The molecule has 1 nitrogen and oxygen atoms in total. The fraction of sp³-hybridized carbons (Fsp3) is 0. The van der Waals surface area contributed by atoms with Crippen molar-refractivity contribution < 1.29 is 18.6 Å². The molecule has 0 amide bonds. The molecule has 4 heteroatoms. The van der Waals surface area contributed by atoms with Gasteiger partial charge in [0, 0.05) is 18.6 Å². The second-order valence-electron chi connectivity index (χ2n) is 0.241. The van der Waals surface area contributed by atoms with Crippen molar-refractivity contribution in [3.63, 3.8) is 0 Å². The Labute approximate surface area is 47.5 Å². The summed E-state index contributed by atoms with van der Waals surface area (Å²) in [7, 11) is 2.68. The Balaban J connectivity index is 0. The van der Waals surface area contributed by atoms with Crippen LogP contribution < -0.4 is 0 Å². The smallest absolute Gasteiger partial charge is 0.272 e. The Morgan fingerprint density at radius 2 is 2.00 bits per heavy atom. The molecule has 5 heavy (non-hydrogen) atoms. The van der Waals surface area contributed by atoms with Gasteiger partial charge in [0.05, 0.1) is 0 Å². The number of nitrogens with zero attached hydrogens (tertiary/aromatic N) is 1. The van der Waals surface area contributed by atoms with Crippen molar-refractivity contribution in [2.45, 2.75) is 0 Å². The molecule has 0 saturated heterocycles. The molecule has 0 aromatic heterocycles. The molecular weight excluding hydrogens is 139 g/mol. The van der Waals surface area contributed by atoms with Gasteiger partial charge in [-0.3, -0.25) is 0 Å². The van der Waals surface area contributed by atoms with E-state index >= 15 is 0 Å². The molecule has 0 aliphatic carbocycles. The van der Waals surface area contributed by atoms with E-state index in [-0.39, 0.29) is 18.6 Å². The van der Waals surface area contributed by atoms with E-state index in [9.17, 15) is 0 Å². The van der Waals surface area contributed by atoms with Crippen molar-refractivity contribution in [2.24, 2.45) is 0 Å². The molecule has 2 unspecified atom stereocenters. The van der Waals surface area contributed by atoms with Gasteiger partial charge < -0.3 is 4.62 Å². The van der Waals surface area contributed by atoms with Crippen LogP contribution in [0.25, 0.3) is 4.62 Å². The van der Waals surface area contributed by atoms with Gasteiger partial charge in [0.25, 0.3) is 8.42 Å². The molecule has 0 aromatic carbocycles. The molecule has 0 bridgehead atoms. The van der Waals surface area contributed by atoms with Crippen molar-refractivity contribution >= 4 is 17.3 Å². The minimum absolute atomic E-state index is 0. The first-order chi connectivity index (χ1) is 1.91. The second kappa shape index (κ2) is 8.87. The molecule has 1 radical (unpaired) electrons. The van der Waals surface area contributed by atoms with Crippen LogP contribution in [0.1, 0.15) is 0 Å². The first-order valence-corrected chi connectivity index (χ1v) is 3.49. The van der Waals surface area contributed by atoms with E-state index in [1.807, 2.05) is 0 Å². The standard InChI is InChI=1S/CH3NP2.V/c1-2-4-3;/h4H,3H2;. The normalized spacial score (nSPS) is 6.40. The maximum Gasteiger partial charge on any atom is 0.272 e. The molecule has 2 atom stereocenters. The van der Waals surface area contributed by atoms with Crippen LogP contribution in [0.2, 0.25) is 0 Å². The van der Waals surface area contributed by atoms with E-state index in [0.29, 0.717) is 8.42 Å². The molecule has 0 saturated carbocycles. The fourth-order valence-electron chi connectivity index (χ4n) is 0. The minimum Gasteiger partial charge on any atom is -0.302 e. The molecule has 0 spiro atoms.